The number of hydrogen-bond donors (Lipinski definition) is 2. The molecule has 0 radical (unpaired) electrons. The Bertz CT molecular complexity index is 648. The highest BCUT2D eigenvalue weighted by atomic mass is 16.5. The topological polar surface area (TPSA) is 78.3 Å². The molecule has 0 amide bonds. The molecule has 0 aromatic heterocycles. The summed E-state index contributed by atoms with van der Waals surface area (Å²) in [5.41, 5.74) is 13.0. The van der Waals surface area contributed by atoms with Crippen LogP contribution < -0.4 is 16.2 Å². The van der Waals surface area contributed by atoms with Crippen molar-refractivity contribution in [2.45, 2.75) is 6.92 Å². The van der Waals surface area contributed by atoms with Gasteiger partial charge < -0.3 is 16.2 Å². The number of ether oxygens (including phenoxy) is 1. The lowest BCUT2D eigenvalue weighted by atomic mass is 10.1. The zero-order valence-corrected chi connectivity index (χ0v) is 10.1. The van der Waals surface area contributed by atoms with E-state index in [-0.39, 0.29) is 0 Å². The fraction of sp³-hybridized carbons (Fsp3) is 0.0714. The SMILES string of the molecule is C=C(C)C(=O)Oc1cccc2cc(N)cc(N)c12. The first-order chi connectivity index (χ1) is 8.49. The minimum atomic E-state index is -0.473. The van der Waals surface area contributed by atoms with E-state index in [0.29, 0.717) is 28.1 Å². The highest BCUT2D eigenvalue weighted by Crippen LogP contribution is 2.33. The van der Waals surface area contributed by atoms with Crippen LogP contribution in [0.15, 0.2) is 42.5 Å². The van der Waals surface area contributed by atoms with Crippen molar-refractivity contribution in [3.05, 3.63) is 42.5 Å². The summed E-state index contributed by atoms with van der Waals surface area (Å²) in [5.74, 6) is -0.0586. The first-order valence-electron chi connectivity index (χ1n) is 5.44. The highest BCUT2D eigenvalue weighted by Gasteiger charge is 2.11. The molecule has 2 rings (SSSR count). The molecule has 18 heavy (non-hydrogen) atoms. The Labute approximate surface area is 105 Å². The summed E-state index contributed by atoms with van der Waals surface area (Å²) in [7, 11) is 0. The summed E-state index contributed by atoms with van der Waals surface area (Å²) in [6, 6.07) is 8.75. The number of hydrogen-bond acceptors (Lipinski definition) is 4. The lowest BCUT2D eigenvalue weighted by molar-refractivity contribution is -0.129. The smallest absolute Gasteiger partial charge is 0.338 e. The van der Waals surface area contributed by atoms with E-state index >= 15 is 0 Å². The second-order valence-electron chi connectivity index (χ2n) is 4.13. The molecular weight excluding hydrogens is 228 g/mol. The molecule has 0 unspecified atom stereocenters. The van der Waals surface area contributed by atoms with Crippen LogP contribution in [0, 0.1) is 0 Å². The zero-order valence-electron chi connectivity index (χ0n) is 10.1. The van der Waals surface area contributed by atoms with Gasteiger partial charge in [0.15, 0.2) is 0 Å². The van der Waals surface area contributed by atoms with Crippen molar-refractivity contribution in [1.29, 1.82) is 0 Å². The summed E-state index contributed by atoms with van der Waals surface area (Å²) in [4.78, 5) is 11.5. The van der Waals surface area contributed by atoms with Crippen molar-refractivity contribution in [2.75, 3.05) is 11.5 Å². The third-order valence-electron chi connectivity index (χ3n) is 2.54. The summed E-state index contributed by atoms with van der Waals surface area (Å²) in [6.45, 7) is 5.13. The van der Waals surface area contributed by atoms with Crippen LogP contribution in [0.25, 0.3) is 10.8 Å². The van der Waals surface area contributed by atoms with Crippen LogP contribution in [0.2, 0.25) is 0 Å². The first-order valence-corrected chi connectivity index (χ1v) is 5.44. The van der Waals surface area contributed by atoms with Crippen molar-refractivity contribution in [3.8, 4) is 5.75 Å². The molecule has 0 aliphatic carbocycles. The van der Waals surface area contributed by atoms with Crippen LogP contribution in [0.1, 0.15) is 6.92 Å². The number of nitrogen functional groups attached to an aromatic ring is 2. The number of anilines is 2. The Hall–Kier alpha value is -2.49. The molecule has 0 heterocycles. The molecule has 4 nitrogen and oxygen atoms in total. The Morgan fingerprint density at radius 3 is 2.67 bits per heavy atom. The lowest BCUT2D eigenvalue weighted by Gasteiger charge is -2.10. The Balaban J connectivity index is 2.58. The van der Waals surface area contributed by atoms with E-state index in [0.717, 1.165) is 5.39 Å². The number of carbonyl (C=O) groups is 1. The second-order valence-corrected chi connectivity index (χ2v) is 4.13. The Morgan fingerprint density at radius 2 is 2.00 bits per heavy atom. The average molecular weight is 242 g/mol. The van der Waals surface area contributed by atoms with Gasteiger partial charge in [-0.25, -0.2) is 4.79 Å². The quantitative estimate of drug-likeness (QED) is 0.367. The minimum absolute atomic E-state index is 0.334. The van der Waals surface area contributed by atoms with E-state index in [1.54, 1.807) is 31.2 Å². The van der Waals surface area contributed by atoms with Crippen LogP contribution in [0.4, 0.5) is 11.4 Å². The number of carbonyl (C=O) groups excluding carboxylic acids is 1. The monoisotopic (exact) mass is 242 g/mol. The van der Waals surface area contributed by atoms with Crippen LogP contribution in [0.3, 0.4) is 0 Å². The second kappa shape index (κ2) is 4.41. The van der Waals surface area contributed by atoms with Crippen LogP contribution >= 0.6 is 0 Å². The van der Waals surface area contributed by atoms with Gasteiger partial charge in [-0.3, -0.25) is 0 Å². The maximum atomic E-state index is 11.5. The van der Waals surface area contributed by atoms with Crippen LogP contribution in [-0.2, 0) is 4.79 Å². The van der Waals surface area contributed by atoms with Crippen molar-refractivity contribution >= 4 is 28.1 Å². The molecule has 92 valence electrons. The molecule has 0 saturated carbocycles. The van der Waals surface area contributed by atoms with E-state index < -0.39 is 5.97 Å². The number of rotatable bonds is 2. The standard InChI is InChI=1S/C14H14N2O2/c1-8(2)14(17)18-12-5-3-4-9-6-10(15)7-11(16)13(9)12/h3-7H,1,15-16H2,2H3. The van der Waals surface area contributed by atoms with Gasteiger partial charge in [-0.2, -0.15) is 0 Å². The predicted octanol–water partition coefficient (Wildman–Crippen LogP) is 2.49. The molecule has 0 bridgehead atoms. The number of fused-ring (bicyclic) bond motifs is 1. The molecular formula is C14H14N2O2. The van der Waals surface area contributed by atoms with E-state index in [1.165, 1.54) is 0 Å². The fourth-order valence-corrected chi connectivity index (χ4v) is 1.72. The van der Waals surface area contributed by atoms with Gasteiger partial charge in [0.1, 0.15) is 5.75 Å². The first kappa shape index (κ1) is 12.0. The average Bonchev–Trinajstić information content (AvgIpc) is 2.27. The Morgan fingerprint density at radius 1 is 1.28 bits per heavy atom. The normalized spacial score (nSPS) is 10.3. The van der Waals surface area contributed by atoms with Gasteiger partial charge in [-0.05, 0) is 30.5 Å². The largest absolute Gasteiger partial charge is 0.422 e. The van der Waals surface area contributed by atoms with E-state index in [1.807, 2.05) is 6.07 Å². The molecule has 0 aliphatic heterocycles. The molecule has 0 fully saturated rings. The summed E-state index contributed by atoms with van der Waals surface area (Å²) in [6.07, 6.45) is 0. The van der Waals surface area contributed by atoms with Gasteiger partial charge in [-0.1, -0.05) is 18.7 Å². The van der Waals surface area contributed by atoms with Crippen molar-refractivity contribution < 1.29 is 9.53 Å². The van der Waals surface area contributed by atoms with E-state index in [9.17, 15) is 4.79 Å². The van der Waals surface area contributed by atoms with Crippen molar-refractivity contribution in [1.82, 2.24) is 0 Å². The van der Waals surface area contributed by atoms with Gasteiger partial charge in [0.05, 0.1) is 0 Å². The molecule has 4 N–H and O–H groups in total. The molecule has 0 aliphatic rings. The van der Waals surface area contributed by atoms with E-state index in [4.69, 9.17) is 16.2 Å². The molecule has 4 heteroatoms. The highest BCUT2D eigenvalue weighted by molar-refractivity contribution is 6.02. The predicted molar refractivity (Wildman–Crippen MR) is 73.2 cm³/mol. The zero-order chi connectivity index (χ0) is 13.3. The number of nitrogens with two attached hydrogens (primary N) is 2. The Kier molecular flexibility index (Phi) is 2.93. The fourth-order valence-electron chi connectivity index (χ4n) is 1.72. The van der Waals surface area contributed by atoms with Gasteiger partial charge in [-0.15, -0.1) is 0 Å². The van der Waals surface area contributed by atoms with Gasteiger partial charge in [0.25, 0.3) is 0 Å². The maximum absolute atomic E-state index is 11.5. The van der Waals surface area contributed by atoms with Crippen molar-refractivity contribution in [2.24, 2.45) is 0 Å². The van der Waals surface area contributed by atoms with Gasteiger partial charge in [0.2, 0.25) is 0 Å². The lowest BCUT2D eigenvalue weighted by Crippen LogP contribution is -2.08. The van der Waals surface area contributed by atoms with E-state index in [2.05, 4.69) is 6.58 Å². The molecule has 2 aromatic carbocycles. The molecule has 0 spiro atoms. The summed E-state index contributed by atoms with van der Waals surface area (Å²) in [5, 5.41) is 1.51. The van der Waals surface area contributed by atoms with Crippen molar-refractivity contribution in [3.63, 3.8) is 0 Å². The summed E-state index contributed by atoms with van der Waals surface area (Å²) >= 11 is 0. The number of esters is 1. The number of benzene rings is 2. The third-order valence-corrected chi connectivity index (χ3v) is 2.54. The molecule has 2 aromatic rings. The third kappa shape index (κ3) is 2.13. The minimum Gasteiger partial charge on any atom is -0.422 e. The summed E-state index contributed by atoms with van der Waals surface area (Å²) < 4.78 is 5.25. The maximum Gasteiger partial charge on any atom is 0.338 e. The molecule has 0 saturated heterocycles. The molecule has 0 atom stereocenters. The van der Waals surface area contributed by atoms with Crippen LogP contribution in [-0.4, -0.2) is 5.97 Å². The van der Waals surface area contributed by atoms with Gasteiger partial charge in [0, 0.05) is 22.3 Å². The van der Waals surface area contributed by atoms with Crippen LogP contribution in [0.5, 0.6) is 5.75 Å². The van der Waals surface area contributed by atoms with Gasteiger partial charge >= 0.3 is 5.97 Å².